The molecular weight excluding hydrogens is 424 g/mol. The Kier molecular flexibility index (Phi) is 4.60. The van der Waals surface area contributed by atoms with Gasteiger partial charge in [-0.25, -0.2) is 0 Å². The molecule has 0 aromatic heterocycles. The van der Waals surface area contributed by atoms with Crippen LogP contribution in [-0.4, -0.2) is 71.1 Å². The second kappa shape index (κ2) is 7.39. The summed E-state index contributed by atoms with van der Waals surface area (Å²) in [5.41, 5.74) is 1.85. The molecule has 4 heterocycles. The number of aliphatic hydroxyl groups excluding tert-OH is 4. The lowest BCUT2D eigenvalue weighted by Crippen LogP contribution is -2.60. The third kappa shape index (κ3) is 2.99. The predicted octanol–water partition coefficient (Wildman–Crippen LogP) is 0.204. The van der Waals surface area contributed by atoms with Crippen LogP contribution in [0.1, 0.15) is 23.1 Å². The van der Waals surface area contributed by atoms with Gasteiger partial charge in [0.25, 0.3) is 0 Å². The molecular formula is C22H22O10. The molecule has 4 aliphatic rings. The predicted molar refractivity (Wildman–Crippen MR) is 105 cm³/mol. The van der Waals surface area contributed by atoms with Crippen LogP contribution in [-0.2, 0) is 4.74 Å². The number of aliphatic hydroxyl groups is 4. The van der Waals surface area contributed by atoms with Crippen molar-refractivity contribution in [2.45, 2.75) is 42.7 Å². The highest BCUT2D eigenvalue weighted by atomic mass is 16.7. The molecule has 4 N–H and O–H groups in total. The first-order chi connectivity index (χ1) is 15.5. The zero-order valence-electron chi connectivity index (χ0n) is 16.8. The van der Waals surface area contributed by atoms with E-state index in [0.29, 0.717) is 29.6 Å². The second-order valence-electron chi connectivity index (χ2n) is 8.21. The maximum atomic E-state index is 10.2. The van der Waals surface area contributed by atoms with Crippen molar-refractivity contribution >= 4 is 0 Å². The Balaban J connectivity index is 1.23. The van der Waals surface area contributed by atoms with Crippen LogP contribution < -0.4 is 23.7 Å². The molecule has 0 bridgehead atoms. The Morgan fingerprint density at radius 3 is 2.47 bits per heavy atom. The molecule has 7 atom stereocenters. The quantitative estimate of drug-likeness (QED) is 0.518. The van der Waals surface area contributed by atoms with E-state index in [1.165, 1.54) is 0 Å². The van der Waals surface area contributed by atoms with Crippen molar-refractivity contribution in [1.82, 2.24) is 0 Å². The molecule has 10 heteroatoms. The number of hydrogen-bond donors (Lipinski definition) is 4. The molecule has 4 aliphatic heterocycles. The Labute approximate surface area is 182 Å². The molecule has 2 aromatic rings. The average molecular weight is 446 g/mol. The summed E-state index contributed by atoms with van der Waals surface area (Å²) in [4.78, 5) is 0. The summed E-state index contributed by atoms with van der Waals surface area (Å²) < 4.78 is 34.2. The maximum absolute atomic E-state index is 10.2. The van der Waals surface area contributed by atoms with Crippen molar-refractivity contribution in [3.05, 3.63) is 41.5 Å². The van der Waals surface area contributed by atoms with E-state index in [4.69, 9.17) is 28.4 Å². The van der Waals surface area contributed by atoms with E-state index < -0.39 is 37.3 Å². The zero-order valence-corrected chi connectivity index (χ0v) is 16.8. The minimum atomic E-state index is -1.51. The van der Waals surface area contributed by atoms with E-state index in [-0.39, 0.29) is 18.8 Å². The molecule has 32 heavy (non-hydrogen) atoms. The Hall–Kier alpha value is -2.76. The first-order valence-electron chi connectivity index (χ1n) is 10.4. The molecule has 10 nitrogen and oxygen atoms in total. The minimum Gasteiger partial charge on any atom is -0.492 e. The van der Waals surface area contributed by atoms with Crippen molar-refractivity contribution in [2.75, 3.05) is 20.0 Å². The molecule has 0 amide bonds. The van der Waals surface area contributed by atoms with Crippen LogP contribution in [0.4, 0.5) is 0 Å². The molecule has 170 valence electrons. The topological polar surface area (TPSA) is 136 Å². The van der Waals surface area contributed by atoms with Gasteiger partial charge >= 0.3 is 0 Å². The standard InChI is InChI=1S/C22H22O10/c23-6-17-18(24)19(25)20(26)22(32-17)30-9-1-2-10-13(3-9)27-7-12-11-4-15-16(29-8-28-15)5-14(11)31-21(10)12/h1-5,12,17-26H,6-8H2/t12-,17+,18+,19-,20+,21+,22-/m0/s1. The molecule has 2 aromatic carbocycles. The normalized spacial score (nSPS) is 34.1. The highest BCUT2D eigenvalue weighted by molar-refractivity contribution is 5.57. The van der Waals surface area contributed by atoms with Crippen molar-refractivity contribution in [1.29, 1.82) is 0 Å². The summed E-state index contributed by atoms with van der Waals surface area (Å²) in [5, 5.41) is 39.4. The van der Waals surface area contributed by atoms with Crippen LogP contribution in [0.3, 0.4) is 0 Å². The number of rotatable bonds is 3. The number of hydrogen-bond acceptors (Lipinski definition) is 10. The van der Waals surface area contributed by atoms with E-state index >= 15 is 0 Å². The highest BCUT2D eigenvalue weighted by Crippen LogP contribution is 2.54. The van der Waals surface area contributed by atoms with Crippen LogP contribution in [0.25, 0.3) is 0 Å². The number of ether oxygens (including phenoxy) is 6. The van der Waals surface area contributed by atoms with Gasteiger partial charge in [0.2, 0.25) is 13.1 Å². The van der Waals surface area contributed by atoms with Gasteiger partial charge in [0, 0.05) is 23.3 Å². The van der Waals surface area contributed by atoms with Crippen LogP contribution in [0.15, 0.2) is 30.3 Å². The monoisotopic (exact) mass is 446 g/mol. The largest absolute Gasteiger partial charge is 0.492 e. The van der Waals surface area contributed by atoms with Gasteiger partial charge < -0.3 is 48.8 Å². The van der Waals surface area contributed by atoms with Crippen molar-refractivity contribution in [3.63, 3.8) is 0 Å². The SMILES string of the molecule is OC[C@H]1O[C@H](Oc2ccc3c(c2)OC[C@H]2c4cc5c(cc4O[C@H]32)OCO5)[C@H](O)[C@@H](O)[C@@H]1O. The van der Waals surface area contributed by atoms with E-state index in [9.17, 15) is 20.4 Å². The summed E-state index contributed by atoms with van der Waals surface area (Å²) in [7, 11) is 0. The van der Waals surface area contributed by atoms with Gasteiger partial charge in [-0.2, -0.15) is 0 Å². The summed E-state index contributed by atoms with van der Waals surface area (Å²) in [5.74, 6) is 3.00. The first kappa shape index (κ1) is 19.9. The molecule has 0 saturated carbocycles. The smallest absolute Gasteiger partial charge is 0.231 e. The van der Waals surface area contributed by atoms with Crippen molar-refractivity contribution in [3.8, 4) is 28.7 Å². The van der Waals surface area contributed by atoms with Crippen LogP contribution in [0.5, 0.6) is 28.7 Å². The minimum absolute atomic E-state index is 0.00390. The van der Waals surface area contributed by atoms with E-state index in [1.807, 2.05) is 18.2 Å². The van der Waals surface area contributed by atoms with Crippen LogP contribution >= 0.6 is 0 Å². The van der Waals surface area contributed by atoms with E-state index in [1.54, 1.807) is 12.1 Å². The number of benzene rings is 2. The lowest BCUT2D eigenvalue weighted by molar-refractivity contribution is -0.277. The summed E-state index contributed by atoms with van der Waals surface area (Å²) in [6.07, 6.45) is -7.01. The fraction of sp³-hybridized carbons (Fsp3) is 0.455. The molecule has 0 spiro atoms. The highest BCUT2D eigenvalue weighted by Gasteiger charge is 2.45. The lowest BCUT2D eigenvalue weighted by atomic mass is 9.89. The van der Waals surface area contributed by atoms with Gasteiger partial charge in [-0.15, -0.1) is 0 Å². The molecule has 6 rings (SSSR count). The Morgan fingerprint density at radius 1 is 0.844 bits per heavy atom. The molecule has 1 fully saturated rings. The van der Waals surface area contributed by atoms with Gasteiger partial charge in [0.15, 0.2) is 11.5 Å². The fourth-order valence-corrected chi connectivity index (χ4v) is 4.60. The summed E-state index contributed by atoms with van der Waals surface area (Å²) >= 11 is 0. The van der Waals surface area contributed by atoms with E-state index in [2.05, 4.69) is 0 Å². The van der Waals surface area contributed by atoms with Crippen molar-refractivity contribution < 1.29 is 48.8 Å². The zero-order chi connectivity index (χ0) is 22.0. The van der Waals surface area contributed by atoms with Gasteiger partial charge in [0.05, 0.1) is 19.1 Å². The van der Waals surface area contributed by atoms with Gasteiger partial charge in [-0.05, 0) is 18.2 Å². The molecule has 0 aliphatic carbocycles. The second-order valence-corrected chi connectivity index (χ2v) is 8.21. The third-order valence-electron chi connectivity index (χ3n) is 6.33. The summed E-state index contributed by atoms with van der Waals surface area (Å²) in [6.45, 7) is 0.0648. The van der Waals surface area contributed by atoms with Crippen LogP contribution in [0.2, 0.25) is 0 Å². The Morgan fingerprint density at radius 2 is 1.66 bits per heavy atom. The van der Waals surface area contributed by atoms with Gasteiger partial charge in [0.1, 0.15) is 47.8 Å². The van der Waals surface area contributed by atoms with Crippen LogP contribution in [0, 0.1) is 0 Å². The maximum Gasteiger partial charge on any atom is 0.231 e. The Bertz CT molecular complexity index is 1040. The van der Waals surface area contributed by atoms with Gasteiger partial charge in [-0.1, -0.05) is 0 Å². The van der Waals surface area contributed by atoms with Gasteiger partial charge in [-0.3, -0.25) is 0 Å². The fourth-order valence-electron chi connectivity index (χ4n) is 4.60. The van der Waals surface area contributed by atoms with Crippen molar-refractivity contribution in [2.24, 2.45) is 0 Å². The molecule has 0 unspecified atom stereocenters. The lowest BCUT2D eigenvalue weighted by Gasteiger charge is -2.39. The third-order valence-corrected chi connectivity index (χ3v) is 6.33. The first-order valence-corrected chi connectivity index (χ1v) is 10.4. The molecule has 1 saturated heterocycles. The summed E-state index contributed by atoms with van der Waals surface area (Å²) in [6, 6.07) is 8.94. The molecule has 0 radical (unpaired) electrons. The van der Waals surface area contributed by atoms with E-state index in [0.717, 1.165) is 16.9 Å². The average Bonchev–Trinajstić information content (AvgIpc) is 3.41. The number of fused-ring (bicyclic) bond motifs is 6.